The van der Waals surface area contributed by atoms with Crippen LogP contribution in [-0.2, 0) is 9.53 Å². The fourth-order valence-electron chi connectivity index (χ4n) is 2.76. The molecule has 21 heavy (non-hydrogen) atoms. The van der Waals surface area contributed by atoms with E-state index in [-0.39, 0.29) is 17.9 Å². The number of piperazine rings is 1. The van der Waals surface area contributed by atoms with Crippen molar-refractivity contribution in [2.75, 3.05) is 39.3 Å². The summed E-state index contributed by atoms with van der Waals surface area (Å²) in [4.78, 5) is 28.0. The summed E-state index contributed by atoms with van der Waals surface area (Å²) >= 11 is 0. The van der Waals surface area contributed by atoms with Gasteiger partial charge in [-0.05, 0) is 40.2 Å². The summed E-state index contributed by atoms with van der Waals surface area (Å²) in [5.74, 6) is 0.331. The van der Waals surface area contributed by atoms with E-state index in [0.29, 0.717) is 26.2 Å². The molecule has 0 aliphatic carbocycles. The second-order valence-electron chi connectivity index (χ2n) is 6.84. The average molecular weight is 297 g/mol. The van der Waals surface area contributed by atoms with E-state index < -0.39 is 5.60 Å². The van der Waals surface area contributed by atoms with Crippen LogP contribution < -0.4 is 5.32 Å². The van der Waals surface area contributed by atoms with Crippen LogP contribution in [-0.4, -0.2) is 66.7 Å². The Morgan fingerprint density at radius 3 is 2.24 bits per heavy atom. The maximum atomic E-state index is 12.4. The van der Waals surface area contributed by atoms with Crippen LogP contribution in [0.2, 0.25) is 0 Å². The third kappa shape index (κ3) is 4.59. The maximum absolute atomic E-state index is 12.4. The third-order valence-corrected chi connectivity index (χ3v) is 3.89. The van der Waals surface area contributed by atoms with Crippen LogP contribution in [0.1, 0.15) is 33.6 Å². The largest absolute Gasteiger partial charge is 0.444 e. The van der Waals surface area contributed by atoms with E-state index in [1.54, 1.807) is 4.90 Å². The quantitative estimate of drug-likeness (QED) is 0.786. The van der Waals surface area contributed by atoms with Gasteiger partial charge in [-0.15, -0.1) is 0 Å². The molecule has 120 valence electrons. The average Bonchev–Trinajstić information content (AvgIpc) is 2.46. The Balaban J connectivity index is 1.80. The number of amides is 2. The molecule has 0 bridgehead atoms. The van der Waals surface area contributed by atoms with Crippen molar-refractivity contribution in [3.63, 3.8) is 0 Å². The van der Waals surface area contributed by atoms with Gasteiger partial charge in [-0.1, -0.05) is 0 Å². The minimum atomic E-state index is -0.474. The number of carbonyl (C=O) groups is 2. The van der Waals surface area contributed by atoms with E-state index in [2.05, 4.69) is 5.32 Å². The Bertz CT molecular complexity index is 378. The fraction of sp³-hybridized carbons (Fsp3) is 0.867. The van der Waals surface area contributed by atoms with Crippen molar-refractivity contribution < 1.29 is 14.3 Å². The van der Waals surface area contributed by atoms with Crippen LogP contribution >= 0.6 is 0 Å². The second kappa shape index (κ2) is 6.64. The first-order chi connectivity index (χ1) is 9.87. The Morgan fingerprint density at radius 1 is 1.10 bits per heavy atom. The van der Waals surface area contributed by atoms with Crippen molar-refractivity contribution in [2.45, 2.75) is 39.2 Å². The Morgan fingerprint density at radius 2 is 1.71 bits per heavy atom. The molecule has 1 atom stereocenters. The number of piperidine rings is 1. The lowest BCUT2D eigenvalue weighted by molar-refractivity contribution is -0.137. The van der Waals surface area contributed by atoms with Gasteiger partial charge in [-0.3, -0.25) is 4.79 Å². The molecule has 2 rings (SSSR count). The summed E-state index contributed by atoms with van der Waals surface area (Å²) in [7, 11) is 0. The minimum Gasteiger partial charge on any atom is -0.444 e. The predicted molar refractivity (Wildman–Crippen MR) is 80.0 cm³/mol. The van der Waals surface area contributed by atoms with Gasteiger partial charge in [0.15, 0.2) is 0 Å². The Hall–Kier alpha value is -1.30. The lowest BCUT2D eigenvalue weighted by Gasteiger charge is -2.37. The zero-order chi connectivity index (χ0) is 15.5. The van der Waals surface area contributed by atoms with Crippen molar-refractivity contribution in [1.82, 2.24) is 15.1 Å². The van der Waals surface area contributed by atoms with Crippen LogP contribution in [0.15, 0.2) is 0 Å². The number of nitrogens with zero attached hydrogens (tertiary/aromatic N) is 2. The zero-order valence-electron chi connectivity index (χ0n) is 13.4. The molecule has 0 saturated carbocycles. The summed E-state index contributed by atoms with van der Waals surface area (Å²) in [5.41, 5.74) is -0.474. The van der Waals surface area contributed by atoms with Gasteiger partial charge in [0.1, 0.15) is 5.60 Å². The third-order valence-electron chi connectivity index (χ3n) is 3.89. The monoisotopic (exact) mass is 297 g/mol. The number of carbonyl (C=O) groups excluding carboxylic acids is 2. The molecule has 0 radical (unpaired) electrons. The lowest BCUT2D eigenvalue weighted by atomic mass is 9.98. The van der Waals surface area contributed by atoms with Gasteiger partial charge in [0, 0.05) is 32.7 Å². The van der Waals surface area contributed by atoms with E-state index in [0.717, 1.165) is 25.9 Å². The van der Waals surface area contributed by atoms with Crippen LogP contribution in [0.3, 0.4) is 0 Å². The maximum Gasteiger partial charge on any atom is 0.410 e. The molecule has 2 fully saturated rings. The molecule has 6 heteroatoms. The first-order valence-electron chi connectivity index (χ1n) is 7.84. The van der Waals surface area contributed by atoms with Crippen molar-refractivity contribution in [1.29, 1.82) is 0 Å². The van der Waals surface area contributed by atoms with Gasteiger partial charge in [-0.25, -0.2) is 4.79 Å². The highest BCUT2D eigenvalue weighted by molar-refractivity contribution is 5.79. The minimum absolute atomic E-state index is 0.104. The van der Waals surface area contributed by atoms with E-state index in [1.807, 2.05) is 25.7 Å². The summed E-state index contributed by atoms with van der Waals surface area (Å²) in [6, 6.07) is 0. The molecule has 6 nitrogen and oxygen atoms in total. The smallest absolute Gasteiger partial charge is 0.410 e. The zero-order valence-corrected chi connectivity index (χ0v) is 13.4. The van der Waals surface area contributed by atoms with E-state index in [4.69, 9.17) is 4.74 Å². The van der Waals surface area contributed by atoms with Crippen molar-refractivity contribution in [3.05, 3.63) is 0 Å². The fourth-order valence-corrected chi connectivity index (χ4v) is 2.76. The molecule has 0 aromatic rings. The van der Waals surface area contributed by atoms with Crippen LogP contribution in [0, 0.1) is 5.92 Å². The molecule has 1 N–H and O–H groups in total. The Labute approximate surface area is 126 Å². The highest BCUT2D eigenvalue weighted by Crippen LogP contribution is 2.16. The molecule has 0 spiro atoms. The first kappa shape index (κ1) is 16.1. The van der Waals surface area contributed by atoms with E-state index in [1.165, 1.54) is 0 Å². The highest BCUT2D eigenvalue weighted by Gasteiger charge is 2.31. The van der Waals surface area contributed by atoms with Gasteiger partial charge < -0.3 is 19.9 Å². The molecule has 2 saturated heterocycles. The Kier molecular flexibility index (Phi) is 5.08. The SMILES string of the molecule is CC(C)(C)OC(=O)N1CCN(C(=O)C2CCCNC2)CC1. The van der Waals surface area contributed by atoms with E-state index in [9.17, 15) is 9.59 Å². The molecule has 2 aliphatic heterocycles. The van der Waals surface area contributed by atoms with Crippen molar-refractivity contribution >= 4 is 12.0 Å². The van der Waals surface area contributed by atoms with Crippen LogP contribution in [0.5, 0.6) is 0 Å². The summed E-state index contributed by atoms with van der Waals surface area (Å²) in [6.07, 6.45) is 1.75. The van der Waals surface area contributed by atoms with Gasteiger partial charge in [-0.2, -0.15) is 0 Å². The van der Waals surface area contributed by atoms with Gasteiger partial charge in [0.2, 0.25) is 5.91 Å². The van der Waals surface area contributed by atoms with Crippen LogP contribution in [0.4, 0.5) is 4.79 Å². The predicted octanol–water partition coefficient (Wildman–Crippen LogP) is 1.07. The topological polar surface area (TPSA) is 61.9 Å². The molecule has 1 unspecified atom stereocenters. The first-order valence-corrected chi connectivity index (χ1v) is 7.84. The number of ether oxygens (including phenoxy) is 1. The van der Waals surface area contributed by atoms with Gasteiger partial charge >= 0.3 is 6.09 Å². The van der Waals surface area contributed by atoms with E-state index >= 15 is 0 Å². The molecular weight excluding hydrogens is 270 g/mol. The molecular formula is C15H27N3O3. The number of rotatable bonds is 1. The lowest BCUT2D eigenvalue weighted by Crippen LogP contribution is -2.54. The summed E-state index contributed by atoms with van der Waals surface area (Å²) in [6.45, 7) is 9.70. The molecule has 0 aromatic carbocycles. The molecule has 0 aromatic heterocycles. The van der Waals surface area contributed by atoms with Crippen molar-refractivity contribution in [2.24, 2.45) is 5.92 Å². The number of nitrogens with one attached hydrogen (secondary N) is 1. The molecule has 2 heterocycles. The normalized spacial score (nSPS) is 23.9. The van der Waals surface area contributed by atoms with Gasteiger partial charge in [0.05, 0.1) is 5.92 Å². The number of hydrogen-bond acceptors (Lipinski definition) is 4. The number of hydrogen-bond donors (Lipinski definition) is 1. The summed E-state index contributed by atoms with van der Waals surface area (Å²) < 4.78 is 5.36. The van der Waals surface area contributed by atoms with Gasteiger partial charge in [0.25, 0.3) is 0 Å². The second-order valence-corrected chi connectivity index (χ2v) is 6.84. The van der Waals surface area contributed by atoms with Crippen molar-refractivity contribution in [3.8, 4) is 0 Å². The molecule has 2 amide bonds. The summed E-state index contributed by atoms with van der Waals surface area (Å²) in [5, 5.41) is 3.28. The molecule has 2 aliphatic rings. The van der Waals surface area contributed by atoms with Crippen LogP contribution in [0.25, 0.3) is 0 Å². The standard InChI is InChI=1S/C15H27N3O3/c1-15(2,3)21-14(20)18-9-7-17(8-10-18)13(19)12-5-4-6-16-11-12/h12,16H,4-11H2,1-3H3. The highest BCUT2D eigenvalue weighted by atomic mass is 16.6.